The minimum Gasteiger partial charge on any atom is -0.377 e. The van der Waals surface area contributed by atoms with E-state index < -0.39 is 0 Å². The van der Waals surface area contributed by atoms with Crippen molar-refractivity contribution in [3.63, 3.8) is 0 Å². The van der Waals surface area contributed by atoms with Gasteiger partial charge in [0.05, 0.1) is 11.7 Å². The van der Waals surface area contributed by atoms with E-state index in [1.54, 1.807) is 0 Å². The molecular formula is C28H29BrN2O. The molecule has 1 atom stereocenters. The fourth-order valence-corrected chi connectivity index (χ4v) is 6.28. The van der Waals surface area contributed by atoms with Crippen molar-refractivity contribution in [2.24, 2.45) is 5.41 Å². The second-order valence-corrected chi connectivity index (χ2v) is 11.0. The van der Waals surface area contributed by atoms with Crippen molar-refractivity contribution in [1.29, 1.82) is 0 Å². The van der Waals surface area contributed by atoms with Gasteiger partial charge in [-0.15, -0.1) is 0 Å². The largest absolute Gasteiger partial charge is 0.377 e. The van der Waals surface area contributed by atoms with Crippen LogP contribution in [0.4, 0.5) is 11.4 Å². The molecule has 3 aromatic carbocycles. The molecule has 5 rings (SSSR count). The number of ketones is 1. The van der Waals surface area contributed by atoms with E-state index in [0.717, 1.165) is 27.7 Å². The van der Waals surface area contributed by atoms with Gasteiger partial charge in [0, 0.05) is 48.9 Å². The van der Waals surface area contributed by atoms with Gasteiger partial charge in [-0.25, -0.2) is 0 Å². The molecule has 0 saturated heterocycles. The van der Waals surface area contributed by atoms with Crippen molar-refractivity contribution in [1.82, 2.24) is 0 Å². The molecule has 0 spiro atoms. The summed E-state index contributed by atoms with van der Waals surface area (Å²) in [5.74, 6) is 0.277. The van der Waals surface area contributed by atoms with Crippen LogP contribution >= 0.6 is 15.9 Å². The molecule has 1 aliphatic carbocycles. The SMILES string of the molecule is CN(C)c1ccc(C2C3=C(CC(C)(C)CC3=O)c3c(ccc4ccccc34)N2C)cc1Br. The van der Waals surface area contributed by atoms with Crippen LogP contribution in [0.15, 0.2) is 64.6 Å². The first kappa shape index (κ1) is 21.3. The third kappa shape index (κ3) is 3.27. The van der Waals surface area contributed by atoms with Crippen LogP contribution < -0.4 is 9.80 Å². The van der Waals surface area contributed by atoms with E-state index in [4.69, 9.17) is 0 Å². The van der Waals surface area contributed by atoms with Crippen LogP contribution in [0.1, 0.15) is 43.9 Å². The van der Waals surface area contributed by atoms with Crippen molar-refractivity contribution < 1.29 is 4.79 Å². The highest BCUT2D eigenvalue weighted by Crippen LogP contribution is 2.54. The Bertz CT molecular complexity index is 1290. The lowest BCUT2D eigenvalue weighted by Gasteiger charge is -2.44. The van der Waals surface area contributed by atoms with E-state index >= 15 is 0 Å². The Morgan fingerprint density at radius 1 is 1.03 bits per heavy atom. The molecule has 1 unspecified atom stereocenters. The number of anilines is 2. The van der Waals surface area contributed by atoms with Crippen molar-refractivity contribution in [2.45, 2.75) is 32.7 Å². The second kappa shape index (κ2) is 7.48. The van der Waals surface area contributed by atoms with Gasteiger partial charge >= 0.3 is 0 Å². The molecule has 1 aliphatic heterocycles. The number of likely N-dealkylation sites (N-methyl/N-ethyl adjacent to an activating group) is 1. The van der Waals surface area contributed by atoms with Gasteiger partial charge in [-0.1, -0.05) is 50.2 Å². The maximum Gasteiger partial charge on any atom is 0.162 e. The first-order chi connectivity index (χ1) is 15.2. The second-order valence-electron chi connectivity index (χ2n) is 10.1. The van der Waals surface area contributed by atoms with Crippen LogP contribution in [0.2, 0.25) is 0 Å². The molecule has 0 fully saturated rings. The maximum absolute atomic E-state index is 13.7. The van der Waals surface area contributed by atoms with E-state index in [9.17, 15) is 4.79 Å². The normalized spacial score (nSPS) is 19.8. The molecule has 0 saturated carbocycles. The highest BCUT2D eigenvalue weighted by atomic mass is 79.9. The number of fused-ring (bicyclic) bond motifs is 4. The van der Waals surface area contributed by atoms with Crippen molar-refractivity contribution in [3.8, 4) is 0 Å². The smallest absolute Gasteiger partial charge is 0.162 e. The minimum absolute atomic E-state index is 0.0417. The van der Waals surface area contributed by atoms with Crippen LogP contribution in [0, 0.1) is 5.41 Å². The molecule has 2 aliphatic rings. The Kier molecular flexibility index (Phi) is 4.97. The third-order valence-corrected chi connectivity index (χ3v) is 7.57. The van der Waals surface area contributed by atoms with E-state index in [0.29, 0.717) is 6.42 Å². The molecular weight excluding hydrogens is 460 g/mol. The molecule has 0 aromatic heterocycles. The number of rotatable bonds is 2. The number of Topliss-reactive ketones (excluding diaryl/α,β-unsaturated/α-hetero) is 1. The Morgan fingerprint density at radius 3 is 2.50 bits per heavy atom. The number of halogens is 1. The average molecular weight is 489 g/mol. The monoisotopic (exact) mass is 488 g/mol. The average Bonchev–Trinajstić information content (AvgIpc) is 2.73. The summed E-state index contributed by atoms with van der Waals surface area (Å²) in [6.45, 7) is 4.44. The van der Waals surface area contributed by atoms with Gasteiger partial charge in [-0.3, -0.25) is 4.79 Å². The number of nitrogens with zero attached hydrogens (tertiary/aromatic N) is 2. The van der Waals surface area contributed by atoms with Gasteiger partial charge in [0.1, 0.15) is 0 Å². The van der Waals surface area contributed by atoms with E-state index in [-0.39, 0.29) is 17.2 Å². The van der Waals surface area contributed by atoms with Crippen LogP contribution in [0.5, 0.6) is 0 Å². The summed E-state index contributed by atoms with van der Waals surface area (Å²) in [6, 6.07) is 19.4. The first-order valence-electron chi connectivity index (χ1n) is 11.2. The predicted octanol–water partition coefficient (Wildman–Crippen LogP) is 7.00. The lowest BCUT2D eigenvalue weighted by atomic mass is 9.67. The number of hydrogen-bond donors (Lipinski definition) is 0. The number of hydrogen-bond acceptors (Lipinski definition) is 3. The first-order valence-corrected chi connectivity index (χ1v) is 12.0. The summed E-state index contributed by atoms with van der Waals surface area (Å²) in [7, 11) is 6.21. The van der Waals surface area contributed by atoms with Crippen LogP contribution in [0.3, 0.4) is 0 Å². The van der Waals surface area contributed by atoms with Gasteiger partial charge in [-0.2, -0.15) is 0 Å². The molecule has 3 aromatic rings. The van der Waals surface area contributed by atoms with Crippen molar-refractivity contribution in [3.05, 3.63) is 75.8 Å². The van der Waals surface area contributed by atoms with E-state index in [1.807, 2.05) is 14.1 Å². The van der Waals surface area contributed by atoms with Crippen molar-refractivity contribution >= 4 is 49.4 Å². The number of carbonyl (C=O) groups is 1. The topological polar surface area (TPSA) is 23.6 Å². The molecule has 32 heavy (non-hydrogen) atoms. The van der Waals surface area contributed by atoms with Gasteiger partial charge in [0.15, 0.2) is 5.78 Å². The Morgan fingerprint density at radius 2 is 1.78 bits per heavy atom. The zero-order valence-corrected chi connectivity index (χ0v) is 21.0. The Hall–Kier alpha value is -2.59. The Balaban J connectivity index is 1.79. The lowest BCUT2D eigenvalue weighted by Crippen LogP contribution is -2.38. The lowest BCUT2D eigenvalue weighted by molar-refractivity contribution is -0.118. The van der Waals surface area contributed by atoms with Gasteiger partial charge in [0.2, 0.25) is 0 Å². The van der Waals surface area contributed by atoms with Crippen LogP contribution in [0.25, 0.3) is 16.3 Å². The highest BCUT2D eigenvalue weighted by molar-refractivity contribution is 9.10. The molecule has 4 heteroatoms. The summed E-state index contributed by atoms with van der Waals surface area (Å²) in [5.41, 5.74) is 6.87. The standard InChI is InChI=1S/C28H29BrN2O/c1-28(2)15-20-25-19-9-7-6-8-17(19)10-13-23(25)31(5)27(26(20)24(32)16-28)18-11-12-22(30(3)4)21(29)14-18/h6-14,27H,15-16H2,1-5H3. The summed E-state index contributed by atoms with van der Waals surface area (Å²) < 4.78 is 1.04. The molecule has 1 heterocycles. The van der Waals surface area contributed by atoms with E-state index in [1.165, 1.54) is 27.6 Å². The van der Waals surface area contributed by atoms with Crippen molar-refractivity contribution in [2.75, 3.05) is 30.9 Å². The zero-order chi connectivity index (χ0) is 22.8. The van der Waals surface area contributed by atoms with E-state index in [2.05, 4.69) is 101 Å². The van der Waals surface area contributed by atoms with Gasteiger partial charge in [0.25, 0.3) is 0 Å². The summed E-state index contributed by atoms with van der Waals surface area (Å²) in [6.07, 6.45) is 1.50. The maximum atomic E-state index is 13.7. The van der Waals surface area contributed by atoms with Gasteiger partial charge < -0.3 is 9.80 Å². The molecule has 0 N–H and O–H groups in total. The molecule has 0 radical (unpaired) electrons. The molecule has 3 nitrogen and oxygen atoms in total. The minimum atomic E-state index is -0.0882. The summed E-state index contributed by atoms with van der Waals surface area (Å²) in [5, 5.41) is 2.45. The predicted molar refractivity (Wildman–Crippen MR) is 139 cm³/mol. The van der Waals surface area contributed by atoms with Crippen LogP contribution in [-0.4, -0.2) is 26.9 Å². The summed E-state index contributed by atoms with van der Waals surface area (Å²) in [4.78, 5) is 18.1. The number of carbonyl (C=O) groups excluding carboxylic acids is 1. The number of allylic oxidation sites excluding steroid dienone is 1. The quantitative estimate of drug-likeness (QED) is 0.387. The zero-order valence-electron chi connectivity index (χ0n) is 19.4. The molecule has 0 amide bonds. The fourth-order valence-electron chi connectivity index (χ4n) is 5.53. The Labute approximate surface area is 198 Å². The molecule has 0 bridgehead atoms. The summed E-state index contributed by atoms with van der Waals surface area (Å²) >= 11 is 3.76. The third-order valence-electron chi connectivity index (χ3n) is 6.94. The highest BCUT2D eigenvalue weighted by Gasteiger charge is 2.42. The van der Waals surface area contributed by atoms with Gasteiger partial charge in [-0.05, 0) is 67.9 Å². The fraction of sp³-hybridized carbons (Fsp3) is 0.321. The molecule has 164 valence electrons. The number of benzene rings is 3. The van der Waals surface area contributed by atoms with Crippen LogP contribution in [-0.2, 0) is 4.79 Å².